The van der Waals surface area contributed by atoms with Crippen molar-refractivity contribution in [2.45, 2.75) is 38.1 Å². The minimum absolute atomic E-state index is 0.0953. The summed E-state index contributed by atoms with van der Waals surface area (Å²) in [6.45, 7) is 0.325. The van der Waals surface area contributed by atoms with Crippen LogP contribution >= 0.6 is 0 Å². The number of hydrogen-bond acceptors (Lipinski definition) is 4. The Kier molecular flexibility index (Phi) is 7.35. The van der Waals surface area contributed by atoms with Crippen LogP contribution in [0.1, 0.15) is 22.3 Å². The van der Waals surface area contributed by atoms with Gasteiger partial charge in [-0.15, -0.1) is 0 Å². The Bertz CT molecular complexity index is 1470. The maximum atomic E-state index is 13.5. The molecule has 0 fully saturated rings. The monoisotopic (exact) mass is 507 g/mol. The van der Waals surface area contributed by atoms with Gasteiger partial charge in [0, 0.05) is 12.8 Å². The predicted octanol–water partition coefficient (Wildman–Crippen LogP) is 4.12. The van der Waals surface area contributed by atoms with Crippen LogP contribution in [0.3, 0.4) is 0 Å². The first-order chi connectivity index (χ1) is 18.5. The maximum absolute atomic E-state index is 13.5. The fraction of sp³-hybridized carbons (Fsp3) is 0.194. The zero-order chi connectivity index (χ0) is 26.5. The van der Waals surface area contributed by atoms with Gasteiger partial charge in [-0.3, -0.25) is 14.5 Å². The number of amides is 3. The number of ether oxygens (including phenoxy) is 1. The SMILES string of the molecule is NC(=O)[C@H](Cc1ccc2ccccc2c1)NC(=O)[C@@H]1Cc2ccccc2CN1C(=O)OCc1ccccc1. The summed E-state index contributed by atoms with van der Waals surface area (Å²) >= 11 is 0. The van der Waals surface area contributed by atoms with Crippen LogP contribution in [-0.4, -0.2) is 34.9 Å². The van der Waals surface area contributed by atoms with Gasteiger partial charge in [-0.25, -0.2) is 4.79 Å². The molecule has 0 aromatic heterocycles. The second-order valence-corrected chi connectivity index (χ2v) is 9.51. The largest absolute Gasteiger partial charge is 0.445 e. The zero-order valence-corrected chi connectivity index (χ0v) is 20.9. The molecule has 7 nitrogen and oxygen atoms in total. The molecule has 1 aliphatic heterocycles. The van der Waals surface area contributed by atoms with E-state index in [0.29, 0.717) is 6.42 Å². The van der Waals surface area contributed by atoms with Gasteiger partial charge in [-0.2, -0.15) is 0 Å². The number of nitrogens with one attached hydrogen (secondary N) is 1. The molecule has 0 saturated carbocycles. The van der Waals surface area contributed by atoms with E-state index in [1.807, 2.05) is 97.1 Å². The Morgan fingerprint density at radius 2 is 1.53 bits per heavy atom. The Labute approximate surface area is 221 Å². The van der Waals surface area contributed by atoms with E-state index in [0.717, 1.165) is 33.0 Å². The molecule has 4 aromatic carbocycles. The third-order valence-electron chi connectivity index (χ3n) is 6.90. The van der Waals surface area contributed by atoms with Crippen LogP contribution in [0.25, 0.3) is 10.8 Å². The van der Waals surface area contributed by atoms with Crippen molar-refractivity contribution < 1.29 is 19.1 Å². The van der Waals surface area contributed by atoms with Gasteiger partial charge in [0.05, 0.1) is 6.54 Å². The van der Waals surface area contributed by atoms with Crippen molar-refractivity contribution in [3.8, 4) is 0 Å². The normalized spacial score (nSPS) is 15.4. The molecule has 0 unspecified atom stereocenters. The first-order valence-electron chi connectivity index (χ1n) is 12.6. The van der Waals surface area contributed by atoms with Crippen molar-refractivity contribution >= 4 is 28.7 Å². The number of primary amides is 1. The number of hydrogen-bond donors (Lipinski definition) is 2. The quantitative estimate of drug-likeness (QED) is 0.393. The molecular formula is C31H29N3O4. The first-order valence-corrected chi connectivity index (χ1v) is 12.6. The molecule has 1 aliphatic rings. The number of nitrogens with two attached hydrogens (primary N) is 1. The highest BCUT2D eigenvalue weighted by Crippen LogP contribution is 2.25. The van der Waals surface area contributed by atoms with Crippen molar-refractivity contribution in [1.82, 2.24) is 10.2 Å². The van der Waals surface area contributed by atoms with Gasteiger partial charge in [0.25, 0.3) is 0 Å². The van der Waals surface area contributed by atoms with Crippen LogP contribution in [0.2, 0.25) is 0 Å². The van der Waals surface area contributed by atoms with E-state index in [-0.39, 0.29) is 19.6 Å². The maximum Gasteiger partial charge on any atom is 0.411 e. The second-order valence-electron chi connectivity index (χ2n) is 9.51. The van der Waals surface area contributed by atoms with Crippen LogP contribution < -0.4 is 11.1 Å². The molecule has 3 amide bonds. The summed E-state index contributed by atoms with van der Waals surface area (Å²) in [6.07, 6.45) is -0.0361. The lowest BCUT2D eigenvalue weighted by atomic mass is 9.93. The molecular weight excluding hydrogens is 478 g/mol. The standard InChI is InChI=1S/C31H29N3O4/c32-29(35)27(17-22-14-15-23-10-4-5-11-24(23)16-22)33-30(36)28-18-25-12-6-7-13-26(25)19-34(28)31(37)38-20-21-8-2-1-3-9-21/h1-16,27-28H,17-20H2,(H2,32,35)(H,33,36)/t27-,28-/m0/s1. The van der Waals surface area contributed by atoms with E-state index < -0.39 is 30.0 Å². The van der Waals surface area contributed by atoms with Crippen LogP contribution in [0.15, 0.2) is 97.1 Å². The highest BCUT2D eigenvalue weighted by atomic mass is 16.6. The average Bonchev–Trinajstić information content (AvgIpc) is 2.95. The van der Waals surface area contributed by atoms with E-state index in [2.05, 4.69) is 5.32 Å². The highest BCUT2D eigenvalue weighted by Gasteiger charge is 2.37. The molecule has 0 spiro atoms. The van der Waals surface area contributed by atoms with Gasteiger partial charge >= 0.3 is 6.09 Å². The molecule has 38 heavy (non-hydrogen) atoms. The van der Waals surface area contributed by atoms with E-state index in [1.165, 1.54) is 4.90 Å². The summed E-state index contributed by atoms with van der Waals surface area (Å²) < 4.78 is 5.57. The smallest absolute Gasteiger partial charge is 0.411 e. The van der Waals surface area contributed by atoms with Crippen molar-refractivity contribution in [3.05, 3.63) is 119 Å². The van der Waals surface area contributed by atoms with Gasteiger partial charge < -0.3 is 15.8 Å². The van der Waals surface area contributed by atoms with Gasteiger partial charge in [-0.1, -0.05) is 97.1 Å². The average molecular weight is 508 g/mol. The summed E-state index contributed by atoms with van der Waals surface area (Å²) in [6, 6.07) is 29.1. The third kappa shape index (κ3) is 5.67. The number of fused-ring (bicyclic) bond motifs is 2. The molecule has 192 valence electrons. The minimum atomic E-state index is -0.928. The topological polar surface area (TPSA) is 102 Å². The van der Waals surface area contributed by atoms with Gasteiger partial charge in [-0.05, 0) is 33.0 Å². The van der Waals surface area contributed by atoms with Gasteiger partial charge in [0.2, 0.25) is 11.8 Å². The highest BCUT2D eigenvalue weighted by molar-refractivity contribution is 5.91. The van der Waals surface area contributed by atoms with E-state index in [1.54, 1.807) is 0 Å². The number of benzene rings is 4. The summed E-state index contributed by atoms with van der Waals surface area (Å²) in [4.78, 5) is 40.5. The number of carbonyl (C=O) groups excluding carboxylic acids is 3. The van der Waals surface area contributed by atoms with Crippen molar-refractivity contribution in [2.75, 3.05) is 0 Å². The van der Waals surface area contributed by atoms with Crippen LogP contribution in [0.5, 0.6) is 0 Å². The van der Waals surface area contributed by atoms with Crippen molar-refractivity contribution in [2.24, 2.45) is 5.73 Å². The number of nitrogens with zero attached hydrogens (tertiary/aromatic N) is 1. The molecule has 7 heteroatoms. The lowest BCUT2D eigenvalue weighted by Gasteiger charge is -2.35. The molecule has 5 rings (SSSR count). The predicted molar refractivity (Wildman–Crippen MR) is 145 cm³/mol. The molecule has 0 saturated heterocycles. The molecule has 1 heterocycles. The number of carbonyl (C=O) groups is 3. The van der Waals surface area contributed by atoms with Crippen molar-refractivity contribution in [3.63, 3.8) is 0 Å². The Morgan fingerprint density at radius 3 is 2.29 bits per heavy atom. The molecule has 4 aromatic rings. The summed E-state index contributed by atoms with van der Waals surface area (Å²) in [5, 5.41) is 4.93. The van der Waals surface area contributed by atoms with Gasteiger partial charge in [0.1, 0.15) is 18.7 Å². The lowest BCUT2D eigenvalue weighted by molar-refractivity contribution is -0.131. The van der Waals surface area contributed by atoms with Crippen LogP contribution in [0.4, 0.5) is 4.79 Å². The molecule has 2 atom stereocenters. The Hall–Kier alpha value is -4.65. The third-order valence-corrected chi connectivity index (χ3v) is 6.90. The van der Waals surface area contributed by atoms with E-state index in [4.69, 9.17) is 10.5 Å². The summed E-state index contributed by atoms with van der Waals surface area (Å²) in [7, 11) is 0. The molecule has 0 aliphatic carbocycles. The summed E-state index contributed by atoms with van der Waals surface area (Å²) in [5.41, 5.74) is 9.36. The fourth-order valence-corrected chi connectivity index (χ4v) is 4.84. The molecule has 0 bridgehead atoms. The van der Waals surface area contributed by atoms with Gasteiger partial charge in [0.15, 0.2) is 0 Å². The lowest BCUT2D eigenvalue weighted by Crippen LogP contribution is -2.56. The molecule has 0 radical (unpaired) electrons. The second kappa shape index (κ2) is 11.2. The number of rotatable bonds is 7. The molecule has 3 N–H and O–H groups in total. The first kappa shape index (κ1) is 25.0. The van der Waals surface area contributed by atoms with Crippen molar-refractivity contribution in [1.29, 1.82) is 0 Å². The summed E-state index contributed by atoms with van der Waals surface area (Å²) in [5.74, 6) is -1.08. The Morgan fingerprint density at radius 1 is 0.842 bits per heavy atom. The zero-order valence-electron chi connectivity index (χ0n) is 20.9. The fourth-order valence-electron chi connectivity index (χ4n) is 4.84. The van der Waals surface area contributed by atoms with E-state index in [9.17, 15) is 14.4 Å². The van der Waals surface area contributed by atoms with Crippen LogP contribution in [-0.2, 0) is 40.3 Å². The Balaban J connectivity index is 1.34. The van der Waals surface area contributed by atoms with Crippen LogP contribution in [0, 0.1) is 0 Å². The van der Waals surface area contributed by atoms with E-state index >= 15 is 0 Å². The minimum Gasteiger partial charge on any atom is -0.445 e.